The Hall–Kier alpha value is -3.85. The summed E-state index contributed by atoms with van der Waals surface area (Å²) in [6, 6.07) is 25.4. The van der Waals surface area contributed by atoms with E-state index in [1.54, 1.807) is 29.2 Å². The Bertz CT molecular complexity index is 1360. The summed E-state index contributed by atoms with van der Waals surface area (Å²) in [5.41, 5.74) is 2.27. The van der Waals surface area contributed by atoms with Crippen LogP contribution in [-0.4, -0.2) is 57.6 Å². The van der Waals surface area contributed by atoms with Gasteiger partial charge in [0.25, 0.3) is 0 Å². The average Bonchev–Trinajstić information content (AvgIpc) is 2.96. The van der Waals surface area contributed by atoms with Crippen molar-refractivity contribution < 1.29 is 22.7 Å². The maximum Gasteiger partial charge on any atom is 0.243 e. The van der Waals surface area contributed by atoms with Crippen molar-refractivity contribution in [2.45, 2.75) is 45.7 Å². The second-order valence-corrected chi connectivity index (χ2v) is 12.4. The molecule has 3 aromatic rings. The first-order chi connectivity index (χ1) is 19.6. The lowest BCUT2D eigenvalue weighted by Crippen LogP contribution is -2.51. The van der Waals surface area contributed by atoms with Gasteiger partial charge in [0.1, 0.15) is 11.8 Å². The molecule has 8 nitrogen and oxygen atoms in total. The smallest absolute Gasteiger partial charge is 0.243 e. The van der Waals surface area contributed by atoms with Crippen molar-refractivity contribution in [1.29, 1.82) is 0 Å². The van der Waals surface area contributed by atoms with Gasteiger partial charge in [-0.2, -0.15) is 0 Å². The summed E-state index contributed by atoms with van der Waals surface area (Å²) in [4.78, 5) is 29.0. The second-order valence-electron chi connectivity index (χ2n) is 10.5. The van der Waals surface area contributed by atoms with Crippen LogP contribution in [0.4, 0.5) is 5.69 Å². The zero-order valence-electron chi connectivity index (χ0n) is 24.3. The molecule has 2 amide bonds. The number of hydrogen-bond acceptors (Lipinski definition) is 5. The Balaban J connectivity index is 1.87. The first-order valence-electron chi connectivity index (χ1n) is 13.9. The van der Waals surface area contributed by atoms with Crippen molar-refractivity contribution in [3.8, 4) is 5.75 Å². The molecule has 0 aliphatic heterocycles. The number of nitrogens with zero attached hydrogens (tertiary/aromatic N) is 2. The number of benzene rings is 3. The minimum absolute atomic E-state index is 0.0662. The summed E-state index contributed by atoms with van der Waals surface area (Å²) < 4.78 is 32.0. The van der Waals surface area contributed by atoms with Crippen molar-refractivity contribution in [2.24, 2.45) is 5.92 Å². The number of methoxy groups -OCH3 is 1. The van der Waals surface area contributed by atoms with Crippen LogP contribution in [0.3, 0.4) is 0 Å². The van der Waals surface area contributed by atoms with Gasteiger partial charge in [0, 0.05) is 32.5 Å². The fraction of sp³-hybridized carbons (Fsp3) is 0.375. The lowest BCUT2D eigenvalue weighted by molar-refractivity contribution is -0.141. The van der Waals surface area contributed by atoms with Crippen LogP contribution in [0, 0.1) is 5.92 Å². The van der Waals surface area contributed by atoms with Crippen LogP contribution in [0.5, 0.6) is 5.75 Å². The number of sulfonamides is 1. The molecule has 0 heterocycles. The van der Waals surface area contributed by atoms with Gasteiger partial charge in [0.05, 0.1) is 19.1 Å². The van der Waals surface area contributed by atoms with E-state index in [0.29, 0.717) is 24.4 Å². The Morgan fingerprint density at radius 1 is 0.878 bits per heavy atom. The zero-order chi connectivity index (χ0) is 29.8. The number of hydrogen-bond donors (Lipinski definition) is 1. The highest BCUT2D eigenvalue weighted by atomic mass is 32.2. The molecule has 1 N–H and O–H groups in total. The molecule has 0 aliphatic rings. The van der Waals surface area contributed by atoms with Gasteiger partial charge in [-0.05, 0) is 35.6 Å². The molecular formula is C32H41N3O5S. The maximum absolute atomic E-state index is 13.9. The lowest BCUT2D eigenvalue weighted by atomic mass is 10.0. The van der Waals surface area contributed by atoms with Crippen LogP contribution in [0.2, 0.25) is 0 Å². The van der Waals surface area contributed by atoms with Crippen molar-refractivity contribution in [1.82, 2.24) is 10.2 Å². The van der Waals surface area contributed by atoms with Crippen LogP contribution in [0.1, 0.15) is 37.8 Å². The van der Waals surface area contributed by atoms with E-state index in [-0.39, 0.29) is 43.7 Å². The van der Waals surface area contributed by atoms with Gasteiger partial charge in [-0.25, -0.2) is 8.42 Å². The topological polar surface area (TPSA) is 96.0 Å². The Morgan fingerprint density at radius 3 is 2.05 bits per heavy atom. The van der Waals surface area contributed by atoms with Crippen LogP contribution in [0.25, 0.3) is 0 Å². The van der Waals surface area contributed by atoms with Gasteiger partial charge in [-0.15, -0.1) is 0 Å². The molecule has 41 heavy (non-hydrogen) atoms. The Kier molecular flexibility index (Phi) is 11.8. The number of anilines is 1. The highest BCUT2D eigenvalue weighted by Gasteiger charge is 2.30. The first-order valence-corrected chi connectivity index (χ1v) is 15.7. The molecule has 0 aromatic heterocycles. The van der Waals surface area contributed by atoms with E-state index < -0.39 is 16.1 Å². The van der Waals surface area contributed by atoms with E-state index in [0.717, 1.165) is 17.4 Å². The monoisotopic (exact) mass is 579 g/mol. The standard InChI is InChI=1S/C32H41N3O5S/c1-25(2)23-33-32(37)29(22-26-14-7-5-8-15-26)34(24-27-16-9-6-10-17-27)31(36)20-13-21-35(41(4,38)39)28-18-11-12-19-30(28)40-3/h5-12,14-19,25,29H,13,20-24H2,1-4H3,(H,33,37). The number of carbonyl (C=O) groups excluding carboxylic acids is 2. The molecule has 0 bridgehead atoms. The van der Waals surface area contributed by atoms with Crippen LogP contribution in [0.15, 0.2) is 84.9 Å². The molecule has 9 heteroatoms. The summed E-state index contributed by atoms with van der Waals surface area (Å²) >= 11 is 0. The van der Waals surface area contributed by atoms with E-state index >= 15 is 0 Å². The number of nitrogens with one attached hydrogen (secondary N) is 1. The van der Waals surface area contributed by atoms with Crippen LogP contribution < -0.4 is 14.4 Å². The molecule has 3 aromatic carbocycles. The third kappa shape index (κ3) is 9.63. The molecule has 3 rings (SSSR count). The number of rotatable bonds is 15. The minimum atomic E-state index is -3.64. The van der Waals surface area contributed by atoms with Gasteiger partial charge in [-0.1, -0.05) is 86.6 Å². The molecular weight excluding hydrogens is 538 g/mol. The number of ether oxygens (including phenoxy) is 1. The molecule has 0 saturated carbocycles. The molecule has 0 spiro atoms. The summed E-state index contributed by atoms with van der Waals surface area (Å²) in [5, 5.41) is 3.02. The summed E-state index contributed by atoms with van der Waals surface area (Å²) in [6.45, 7) is 4.89. The van der Waals surface area contributed by atoms with E-state index in [1.807, 2.05) is 74.5 Å². The molecule has 0 aliphatic carbocycles. The van der Waals surface area contributed by atoms with Gasteiger partial charge in [-0.3, -0.25) is 13.9 Å². The highest BCUT2D eigenvalue weighted by molar-refractivity contribution is 7.92. The van der Waals surface area contributed by atoms with Crippen molar-refractivity contribution in [3.05, 3.63) is 96.1 Å². The fourth-order valence-corrected chi connectivity index (χ4v) is 5.54. The normalized spacial score (nSPS) is 12.0. The molecule has 1 unspecified atom stereocenters. The second kappa shape index (κ2) is 15.2. The average molecular weight is 580 g/mol. The van der Waals surface area contributed by atoms with E-state index in [9.17, 15) is 18.0 Å². The number of amides is 2. The molecule has 0 radical (unpaired) electrons. The summed E-state index contributed by atoms with van der Waals surface area (Å²) in [5.74, 6) is 0.257. The molecule has 0 saturated heterocycles. The highest BCUT2D eigenvalue weighted by Crippen LogP contribution is 2.30. The largest absolute Gasteiger partial charge is 0.495 e. The summed E-state index contributed by atoms with van der Waals surface area (Å²) in [7, 11) is -2.15. The minimum Gasteiger partial charge on any atom is -0.495 e. The first kappa shape index (κ1) is 31.7. The summed E-state index contributed by atoms with van der Waals surface area (Å²) in [6.07, 6.45) is 1.83. The lowest BCUT2D eigenvalue weighted by Gasteiger charge is -2.32. The predicted molar refractivity (Wildman–Crippen MR) is 163 cm³/mol. The molecule has 1 atom stereocenters. The Morgan fingerprint density at radius 2 is 1.46 bits per heavy atom. The SMILES string of the molecule is COc1ccccc1N(CCCC(=O)N(Cc1ccccc1)C(Cc1ccccc1)C(=O)NCC(C)C)S(C)(=O)=O. The van der Waals surface area contributed by atoms with E-state index in [2.05, 4.69) is 5.32 Å². The Labute approximate surface area is 244 Å². The predicted octanol–water partition coefficient (Wildman–Crippen LogP) is 4.65. The number of carbonyl (C=O) groups is 2. The number of para-hydroxylation sites is 2. The third-order valence-corrected chi connectivity index (χ3v) is 7.84. The van der Waals surface area contributed by atoms with E-state index in [4.69, 9.17) is 4.74 Å². The molecule has 220 valence electrons. The van der Waals surface area contributed by atoms with E-state index in [1.165, 1.54) is 11.4 Å². The van der Waals surface area contributed by atoms with Gasteiger partial charge in [0.15, 0.2) is 0 Å². The molecule has 0 fully saturated rings. The van der Waals surface area contributed by atoms with Crippen molar-refractivity contribution >= 4 is 27.5 Å². The van der Waals surface area contributed by atoms with Crippen LogP contribution >= 0.6 is 0 Å². The van der Waals surface area contributed by atoms with Crippen molar-refractivity contribution in [3.63, 3.8) is 0 Å². The van der Waals surface area contributed by atoms with Gasteiger partial charge in [0.2, 0.25) is 21.8 Å². The van der Waals surface area contributed by atoms with Gasteiger partial charge >= 0.3 is 0 Å². The van der Waals surface area contributed by atoms with Crippen molar-refractivity contribution in [2.75, 3.05) is 30.8 Å². The van der Waals surface area contributed by atoms with Crippen LogP contribution in [-0.2, 0) is 32.6 Å². The third-order valence-electron chi connectivity index (χ3n) is 6.66. The quantitative estimate of drug-likeness (QED) is 0.283. The fourth-order valence-electron chi connectivity index (χ4n) is 4.57. The maximum atomic E-state index is 13.9. The van der Waals surface area contributed by atoms with Gasteiger partial charge < -0.3 is 15.0 Å². The zero-order valence-corrected chi connectivity index (χ0v) is 25.1.